The molecule has 0 unspecified atom stereocenters. The highest BCUT2D eigenvalue weighted by atomic mass is 19.1. The molecule has 4 rings (SSSR count). The number of nitrogens with one attached hydrogen (secondary N) is 1. The second-order valence-corrected chi connectivity index (χ2v) is 7.88. The zero-order valence-corrected chi connectivity index (χ0v) is 18.8. The third-order valence-corrected chi connectivity index (χ3v) is 5.57. The molecule has 0 atom stereocenters. The molecule has 1 heterocycles. The van der Waals surface area contributed by atoms with Gasteiger partial charge in [-0.1, -0.05) is 24.3 Å². The van der Waals surface area contributed by atoms with Crippen LogP contribution in [0.15, 0.2) is 77.8 Å². The number of guanidine groups is 1. The number of hydrogen-bond acceptors (Lipinski definition) is 4. The molecule has 170 valence electrons. The van der Waals surface area contributed by atoms with E-state index in [1.807, 2.05) is 55.5 Å². The number of aliphatic imine (C=N–C) groups is 1. The fraction of sp³-hybridized carbons (Fsp3) is 0.231. The number of methoxy groups -OCH3 is 1. The van der Waals surface area contributed by atoms with Gasteiger partial charge in [0, 0.05) is 31.7 Å². The minimum absolute atomic E-state index is 0.325. The van der Waals surface area contributed by atoms with Crippen molar-refractivity contribution in [3.05, 3.63) is 89.7 Å². The molecular formula is C26H27FN4O2. The summed E-state index contributed by atoms with van der Waals surface area (Å²) in [5.74, 6) is 0.611. The molecule has 33 heavy (non-hydrogen) atoms. The van der Waals surface area contributed by atoms with E-state index >= 15 is 0 Å². The third kappa shape index (κ3) is 5.49. The highest BCUT2D eigenvalue weighted by molar-refractivity contribution is 6.06. The van der Waals surface area contributed by atoms with Crippen LogP contribution in [0.3, 0.4) is 0 Å². The minimum atomic E-state index is -0.382. The summed E-state index contributed by atoms with van der Waals surface area (Å²) in [6.45, 7) is 4.85. The van der Waals surface area contributed by atoms with Crippen molar-refractivity contribution in [3.63, 3.8) is 0 Å². The quantitative estimate of drug-likeness (QED) is 0.477. The van der Waals surface area contributed by atoms with Gasteiger partial charge in [0.1, 0.15) is 11.6 Å². The number of halogens is 1. The summed E-state index contributed by atoms with van der Waals surface area (Å²) in [6.07, 6.45) is 0. The molecule has 1 aliphatic rings. The molecule has 0 aromatic heterocycles. The highest BCUT2D eigenvalue weighted by Gasteiger charge is 2.23. The van der Waals surface area contributed by atoms with Gasteiger partial charge in [0.25, 0.3) is 5.91 Å². The van der Waals surface area contributed by atoms with Crippen LogP contribution >= 0.6 is 0 Å². The first-order valence-corrected chi connectivity index (χ1v) is 10.9. The SMILES string of the molecule is COc1ccccc1N1CCN(C(=Nc2cccc(C)c2)NC(=O)c2ccc(F)cc2)CC1. The Morgan fingerprint density at radius 2 is 1.70 bits per heavy atom. The molecule has 3 aromatic rings. The molecule has 1 amide bonds. The molecule has 0 aliphatic carbocycles. The van der Waals surface area contributed by atoms with Gasteiger partial charge in [-0.3, -0.25) is 10.1 Å². The van der Waals surface area contributed by atoms with Gasteiger partial charge in [-0.2, -0.15) is 0 Å². The van der Waals surface area contributed by atoms with Crippen LogP contribution in [0.1, 0.15) is 15.9 Å². The molecule has 1 aliphatic heterocycles. The van der Waals surface area contributed by atoms with Crippen LogP contribution in [0.4, 0.5) is 15.8 Å². The van der Waals surface area contributed by atoms with Gasteiger partial charge in [0.2, 0.25) is 5.96 Å². The van der Waals surface area contributed by atoms with Crippen molar-refractivity contribution in [2.75, 3.05) is 38.2 Å². The molecule has 6 nitrogen and oxygen atoms in total. The highest BCUT2D eigenvalue weighted by Crippen LogP contribution is 2.28. The van der Waals surface area contributed by atoms with Gasteiger partial charge in [0.05, 0.1) is 18.5 Å². The summed E-state index contributed by atoms with van der Waals surface area (Å²) in [7, 11) is 1.67. The predicted octanol–water partition coefficient (Wildman–Crippen LogP) is 4.38. The Balaban J connectivity index is 1.55. The molecule has 1 fully saturated rings. The van der Waals surface area contributed by atoms with Crippen molar-refractivity contribution >= 4 is 23.2 Å². The maximum atomic E-state index is 13.3. The van der Waals surface area contributed by atoms with E-state index in [1.54, 1.807) is 7.11 Å². The van der Waals surface area contributed by atoms with Crippen molar-refractivity contribution in [2.24, 2.45) is 4.99 Å². The number of carbonyl (C=O) groups is 1. The van der Waals surface area contributed by atoms with Gasteiger partial charge >= 0.3 is 0 Å². The number of ether oxygens (including phenoxy) is 1. The molecule has 0 saturated carbocycles. The number of amides is 1. The number of carbonyl (C=O) groups excluding carboxylic acids is 1. The van der Waals surface area contributed by atoms with E-state index in [9.17, 15) is 9.18 Å². The molecule has 0 spiro atoms. The number of hydrogen-bond donors (Lipinski definition) is 1. The predicted molar refractivity (Wildman–Crippen MR) is 129 cm³/mol. The summed E-state index contributed by atoms with van der Waals surface area (Å²) >= 11 is 0. The fourth-order valence-corrected chi connectivity index (χ4v) is 3.82. The van der Waals surface area contributed by atoms with E-state index in [0.717, 1.165) is 35.8 Å². The van der Waals surface area contributed by atoms with Crippen LogP contribution in [-0.4, -0.2) is 50.1 Å². The maximum absolute atomic E-state index is 13.3. The molecule has 1 N–H and O–H groups in total. The summed E-state index contributed by atoms with van der Waals surface area (Å²) < 4.78 is 18.8. The lowest BCUT2D eigenvalue weighted by Crippen LogP contribution is -2.53. The molecule has 0 radical (unpaired) electrons. The van der Waals surface area contributed by atoms with Crippen LogP contribution in [-0.2, 0) is 0 Å². The van der Waals surface area contributed by atoms with Crippen LogP contribution in [0.5, 0.6) is 5.75 Å². The zero-order valence-electron chi connectivity index (χ0n) is 18.8. The Kier molecular flexibility index (Phi) is 6.88. The van der Waals surface area contributed by atoms with Gasteiger partial charge < -0.3 is 14.5 Å². The number of aryl methyl sites for hydroxylation is 1. The monoisotopic (exact) mass is 446 g/mol. The lowest BCUT2D eigenvalue weighted by molar-refractivity contribution is 0.0971. The first-order valence-electron chi connectivity index (χ1n) is 10.9. The van der Waals surface area contributed by atoms with Crippen LogP contribution in [0.2, 0.25) is 0 Å². The number of piperazine rings is 1. The normalized spacial score (nSPS) is 14.2. The van der Waals surface area contributed by atoms with E-state index in [2.05, 4.69) is 15.1 Å². The summed E-state index contributed by atoms with van der Waals surface area (Å²) in [4.78, 5) is 21.9. The maximum Gasteiger partial charge on any atom is 0.257 e. The standard InChI is InChI=1S/C26H27FN4O2/c1-19-6-5-7-22(18-19)28-26(29-25(32)20-10-12-21(27)13-11-20)31-16-14-30(15-17-31)23-8-3-4-9-24(23)33-2/h3-13,18H,14-17H2,1-2H3,(H,28,29,32). The zero-order chi connectivity index (χ0) is 23.2. The summed E-state index contributed by atoms with van der Waals surface area (Å²) in [5, 5.41) is 2.94. The van der Waals surface area contributed by atoms with E-state index in [-0.39, 0.29) is 11.7 Å². The van der Waals surface area contributed by atoms with Crippen molar-refractivity contribution in [2.45, 2.75) is 6.92 Å². The van der Waals surface area contributed by atoms with Crippen molar-refractivity contribution < 1.29 is 13.9 Å². The van der Waals surface area contributed by atoms with Crippen molar-refractivity contribution in [3.8, 4) is 5.75 Å². The summed E-state index contributed by atoms with van der Waals surface area (Å²) in [6, 6.07) is 21.3. The Bertz CT molecular complexity index is 1140. The van der Waals surface area contributed by atoms with Crippen LogP contribution < -0.4 is 15.0 Å². The van der Waals surface area contributed by atoms with Gasteiger partial charge in [-0.15, -0.1) is 0 Å². The second-order valence-electron chi connectivity index (χ2n) is 7.88. The number of nitrogens with zero attached hydrogens (tertiary/aromatic N) is 3. The third-order valence-electron chi connectivity index (χ3n) is 5.57. The topological polar surface area (TPSA) is 57.2 Å². The average Bonchev–Trinajstić information content (AvgIpc) is 2.84. The van der Waals surface area contributed by atoms with Crippen LogP contribution in [0, 0.1) is 12.7 Å². The summed E-state index contributed by atoms with van der Waals surface area (Å²) in [5.41, 5.74) is 3.27. The Labute approximate surface area is 193 Å². The number of para-hydroxylation sites is 2. The molecule has 3 aromatic carbocycles. The number of rotatable bonds is 4. The van der Waals surface area contributed by atoms with Gasteiger partial charge in [-0.25, -0.2) is 9.38 Å². The molecule has 7 heteroatoms. The van der Waals surface area contributed by atoms with E-state index < -0.39 is 0 Å². The largest absolute Gasteiger partial charge is 0.495 e. The van der Waals surface area contributed by atoms with E-state index in [1.165, 1.54) is 24.3 Å². The van der Waals surface area contributed by atoms with E-state index in [4.69, 9.17) is 9.73 Å². The Morgan fingerprint density at radius 1 is 0.970 bits per heavy atom. The lowest BCUT2D eigenvalue weighted by atomic mass is 10.2. The number of anilines is 1. The number of benzene rings is 3. The molecular weight excluding hydrogens is 419 g/mol. The second kappa shape index (κ2) is 10.2. The Hall–Kier alpha value is -3.87. The molecule has 0 bridgehead atoms. The van der Waals surface area contributed by atoms with Crippen molar-refractivity contribution in [1.29, 1.82) is 0 Å². The van der Waals surface area contributed by atoms with Gasteiger partial charge in [-0.05, 0) is 61.0 Å². The van der Waals surface area contributed by atoms with E-state index in [0.29, 0.717) is 24.6 Å². The van der Waals surface area contributed by atoms with Crippen molar-refractivity contribution in [1.82, 2.24) is 10.2 Å². The first-order chi connectivity index (χ1) is 16.0. The van der Waals surface area contributed by atoms with Crippen LogP contribution in [0.25, 0.3) is 0 Å². The first kappa shape index (κ1) is 22.3. The fourth-order valence-electron chi connectivity index (χ4n) is 3.82. The minimum Gasteiger partial charge on any atom is -0.495 e. The average molecular weight is 447 g/mol. The Morgan fingerprint density at radius 3 is 2.39 bits per heavy atom. The molecule has 1 saturated heterocycles. The smallest absolute Gasteiger partial charge is 0.257 e. The lowest BCUT2D eigenvalue weighted by Gasteiger charge is -2.38. The van der Waals surface area contributed by atoms with Gasteiger partial charge in [0.15, 0.2) is 0 Å².